The molecule has 0 saturated carbocycles. The first-order chi connectivity index (χ1) is 10.7. The molecule has 0 aromatic carbocycles. The maximum atomic E-state index is 12.4. The van der Waals surface area contributed by atoms with E-state index in [-0.39, 0.29) is 24.2 Å². The molecule has 2 fully saturated rings. The Morgan fingerprint density at radius 3 is 2.91 bits per heavy atom. The van der Waals surface area contributed by atoms with Crippen molar-refractivity contribution in [1.82, 2.24) is 15.5 Å². The number of rotatable bonds is 6. The van der Waals surface area contributed by atoms with Gasteiger partial charge in [-0.15, -0.1) is 12.4 Å². The molecule has 2 N–H and O–H groups in total. The van der Waals surface area contributed by atoms with E-state index in [1.165, 1.54) is 0 Å². The first-order valence-electron chi connectivity index (χ1n) is 8.54. The van der Waals surface area contributed by atoms with E-state index >= 15 is 0 Å². The molecule has 23 heavy (non-hydrogen) atoms. The minimum absolute atomic E-state index is 0. The standard InChI is InChI=1S/C16H29N3O2S.ClH/c1-2-4-15(20)18-10-13-5-3-7-19(11-13)16(21)9-14-12-22-8-6-17-14;/h13-14,17H,2-12H2,1H3,(H,18,20);1H. The van der Waals surface area contributed by atoms with Crippen LogP contribution in [-0.2, 0) is 9.59 Å². The molecular weight excluding hydrogens is 334 g/mol. The van der Waals surface area contributed by atoms with Crippen LogP contribution < -0.4 is 10.6 Å². The summed E-state index contributed by atoms with van der Waals surface area (Å²) in [6.07, 6.45) is 4.25. The molecule has 2 aliphatic heterocycles. The van der Waals surface area contributed by atoms with Crippen molar-refractivity contribution in [3.63, 3.8) is 0 Å². The van der Waals surface area contributed by atoms with Crippen molar-refractivity contribution in [2.45, 2.75) is 45.1 Å². The van der Waals surface area contributed by atoms with Gasteiger partial charge in [-0.05, 0) is 25.2 Å². The van der Waals surface area contributed by atoms with Crippen LogP contribution in [0.4, 0.5) is 0 Å². The lowest BCUT2D eigenvalue weighted by Gasteiger charge is -2.34. The number of likely N-dealkylation sites (tertiary alicyclic amines) is 1. The van der Waals surface area contributed by atoms with Crippen molar-refractivity contribution in [3.8, 4) is 0 Å². The van der Waals surface area contributed by atoms with Gasteiger partial charge in [0.25, 0.3) is 0 Å². The first-order valence-corrected chi connectivity index (χ1v) is 9.70. The Hall–Kier alpha value is -0.460. The van der Waals surface area contributed by atoms with Gasteiger partial charge in [0.15, 0.2) is 0 Å². The smallest absolute Gasteiger partial charge is 0.224 e. The summed E-state index contributed by atoms with van der Waals surface area (Å²) in [6, 6.07) is 0.330. The fourth-order valence-electron chi connectivity index (χ4n) is 3.12. The van der Waals surface area contributed by atoms with Gasteiger partial charge in [0.05, 0.1) is 0 Å². The summed E-state index contributed by atoms with van der Waals surface area (Å²) in [4.78, 5) is 26.0. The Morgan fingerprint density at radius 2 is 2.22 bits per heavy atom. The Labute approximate surface area is 150 Å². The van der Waals surface area contributed by atoms with Gasteiger partial charge in [0, 0.05) is 56.6 Å². The molecule has 2 rings (SSSR count). The molecule has 5 nitrogen and oxygen atoms in total. The largest absolute Gasteiger partial charge is 0.356 e. The molecular formula is C16H30ClN3O2S. The summed E-state index contributed by atoms with van der Waals surface area (Å²) in [5.74, 6) is 3.00. The van der Waals surface area contributed by atoms with Crippen molar-refractivity contribution >= 4 is 36.0 Å². The summed E-state index contributed by atoms with van der Waals surface area (Å²) >= 11 is 1.93. The van der Waals surface area contributed by atoms with Crippen molar-refractivity contribution in [2.24, 2.45) is 5.92 Å². The summed E-state index contributed by atoms with van der Waals surface area (Å²) in [7, 11) is 0. The molecule has 2 heterocycles. The highest BCUT2D eigenvalue weighted by Gasteiger charge is 2.26. The molecule has 0 bridgehead atoms. The number of nitrogens with one attached hydrogen (secondary N) is 2. The minimum Gasteiger partial charge on any atom is -0.356 e. The van der Waals surface area contributed by atoms with Gasteiger partial charge in [-0.3, -0.25) is 9.59 Å². The number of carbonyl (C=O) groups excluding carboxylic acids is 2. The van der Waals surface area contributed by atoms with Crippen LogP contribution in [0.2, 0.25) is 0 Å². The lowest BCUT2D eigenvalue weighted by Crippen LogP contribution is -2.47. The normalized spacial score (nSPS) is 24.7. The van der Waals surface area contributed by atoms with Crippen LogP contribution in [0.1, 0.15) is 39.0 Å². The van der Waals surface area contributed by atoms with Gasteiger partial charge in [-0.1, -0.05) is 6.92 Å². The van der Waals surface area contributed by atoms with Crippen LogP contribution >= 0.6 is 24.2 Å². The van der Waals surface area contributed by atoms with Gasteiger partial charge >= 0.3 is 0 Å². The quantitative estimate of drug-likeness (QED) is 0.753. The van der Waals surface area contributed by atoms with Gasteiger partial charge < -0.3 is 15.5 Å². The van der Waals surface area contributed by atoms with E-state index in [0.29, 0.717) is 31.3 Å². The van der Waals surface area contributed by atoms with Crippen LogP contribution in [0, 0.1) is 5.92 Å². The number of carbonyl (C=O) groups is 2. The Kier molecular flexibility index (Phi) is 9.99. The van der Waals surface area contributed by atoms with E-state index in [2.05, 4.69) is 10.6 Å². The van der Waals surface area contributed by atoms with Crippen LogP contribution in [0.5, 0.6) is 0 Å². The van der Waals surface area contributed by atoms with E-state index in [0.717, 1.165) is 50.4 Å². The first kappa shape index (κ1) is 20.6. The van der Waals surface area contributed by atoms with Gasteiger partial charge in [-0.2, -0.15) is 11.8 Å². The number of nitrogens with zero attached hydrogens (tertiary/aromatic N) is 1. The third-order valence-corrected chi connectivity index (χ3v) is 5.49. The Balaban J connectivity index is 0.00000264. The topological polar surface area (TPSA) is 61.4 Å². The summed E-state index contributed by atoms with van der Waals surface area (Å²) in [6.45, 7) is 5.40. The predicted octanol–water partition coefficient (Wildman–Crippen LogP) is 1.66. The van der Waals surface area contributed by atoms with Crippen molar-refractivity contribution in [3.05, 3.63) is 0 Å². The van der Waals surface area contributed by atoms with Gasteiger partial charge in [0.1, 0.15) is 0 Å². The average Bonchev–Trinajstić information content (AvgIpc) is 2.54. The average molecular weight is 364 g/mol. The monoisotopic (exact) mass is 363 g/mol. The maximum absolute atomic E-state index is 12.4. The third-order valence-electron chi connectivity index (χ3n) is 4.36. The fraction of sp³-hybridized carbons (Fsp3) is 0.875. The predicted molar refractivity (Wildman–Crippen MR) is 98.2 cm³/mol. The number of amides is 2. The number of hydrogen-bond acceptors (Lipinski definition) is 4. The zero-order valence-electron chi connectivity index (χ0n) is 14.0. The summed E-state index contributed by atoms with van der Waals surface area (Å²) < 4.78 is 0. The number of hydrogen-bond donors (Lipinski definition) is 2. The molecule has 2 unspecified atom stereocenters. The van der Waals surface area contributed by atoms with Crippen molar-refractivity contribution in [1.29, 1.82) is 0 Å². The molecule has 0 spiro atoms. The van der Waals surface area contributed by atoms with Crippen molar-refractivity contribution in [2.75, 3.05) is 37.7 Å². The Morgan fingerprint density at radius 1 is 1.39 bits per heavy atom. The van der Waals surface area contributed by atoms with Crippen LogP contribution in [-0.4, -0.2) is 60.4 Å². The number of halogens is 1. The van der Waals surface area contributed by atoms with Crippen molar-refractivity contribution < 1.29 is 9.59 Å². The third kappa shape index (κ3) is 7.31. The van der Waals surface area contributed by atoms with E-state index in [4.69, 9.17) is 0 Å². The summed E-state index contributed by atoms with van der Waals surface area (Å²) in [5, 5.41) is 6.43. The molecule has 2 atom stereocenters. The zero-order valence-corrected chi connectivity index (χ0v) is 15.6. The number of piperidine rings is 1. The van der Waals surface area contributed by atoms with Gasteiger partial charge in [-0.25, -0.2) is 0 Å². The second-order valence-corrected chi connectivity index (χ2v) is 7.48. The van der Waals surface area contributed by atoms with E-state index in [9.17, 15) is 9.59 Å². The maximum Gasteiger partial charge on any atom is 0.224 e. The second-order valence-electron chi connectivity index (χ2n) is 6.33. The fourth-order valence-corrected chi connectivity index (χ4v) is 4.07. The molecule has 7 heteroatoms. The summed E-state index contributed by atoms with van der Waals surface area (Å²) in [5.41, 5.74) is 0. The molecule has 2 amide bonds. The molecule has 134 valence electrons. The lowest BCUT2D eigenvalue weighted by atomic mass is 9.97. The van der Waals surface area contributed by atoms with Gasteiger partial charge in [0.2, 0.25) is 11.8 Å². The van der Waals surface area contributed by atoms with E-state index in [1.807, 2.05) is 23.6 Å². The zero-order chi connectivity index (χ0) is 15.8. The van der Waals surface area contributed by atoms with Crippen LogP contribution in [0.3, 0.4) is 0 Å². The lowest BCUT2D eigenvalue weighted by molar-refractivity contribution is -0.133. The highest BCUT2D eigenvalue weighted by atomic mass is 35.5. The highest BCUT2D eigenvalue weighted by Crippen LogP contribution is 2.18. The SMILES string of the molecule is CCCC(=O)NCC1CCCN(C(=O)CC2CSCCN2)C1.Cl. The highest BCUT2D eigenvalue weighted by molar-refractivity contribution is 7.99. The molecule has 0 radical (unpaired) electrons. The van der Waals surface area contributed by atoms with Crippen LogP contribution in [0.25, 0.3) is 0 Å². The van der Waals surface area contributed by atoms with E-state index < -0.39 is 0 Å². The molecule has 2 aliphatic rings. The molecule has 0 aliphatic carbocycles. The van der Waals surface area contributed by atoms with Crippen LogP contribution in [0.15, 0.2) is 0 Å². The minimum atomic E-state index is 0. The second kappa shape index (κ2) is 11.2. The van der Waals surface area contributed by atoms with E-state index in [1.54, 1.807) is 0 Å². The number of thioether (sulfide) groups is 1. The molecule has 2 saturated heterocycles. The Bertz CT molecular complexity index is 378. The molecule has 0 aromatic heterocycles. The molecule has 0 aromatic rings.